The van der Waals surface area contributed by atoms with Gasteiger partial charge in [0.2, 0.25) is 0 Å². The molecule has 0 saturated heterocycles. The molecule has 3 N–H and O–H groups in total. The number of aliphatic imine (C=N–C) groups is 2. The summed E-state index contributed by atoms with van der Waals surface area (Å²) in [5, 5.41) is 27.7. The number of methoxy groups -OCH3 is 2. The van der Waals surface area contributed by atoms with E-state index < -0.39 is 5.97 Å². The number of carboxylic acid groups (broad SMARTS) is 1. The molecule has 2 aromatic carbocycles. The summed E-state index contributed by atoms with van der Waals surface area (Å²) in [6, 6.07) is 13.7. The number of phenolic OH excluding ortho intramolecular Hbond substituents is 2. The topological polar surface area (TPSA) is 134 Å². The summed E-state index contributed by atoms with van der Waals surface area (Å²) in [4.78, 5) is 21.9. The van der Waals surface area contributed by atoms with Gasteiger partial charge in [-0.1, -0.05) is 12.1 Å². The van der Waals surface area contributed by atoms with Crippen molar-refractivity contribution in [3.63, 3.8) is 0 Å². The summed E-state index contributed by atoms with van der Waals surface area (Å²) in [6.45, 7) is 1.08. The summed E-state index contributed by atoms with van der Waals surface area (Å²) < 4.78 is 10.2. The van der Waals surface area contributed by atoms with Gasteiger partial charge in [0.1, 0.15) is 5.69 Å². The molecule has 0 unspecified atom stereocenters. The SMILES string of the molecule is CC(=O)O.COc1cccc(C=Nc2cccnc2/N=C/c2cccc(OC)c2O)c1O.[Mn+2]. The number of aromatic hydroxyl groups is 2. The second-order valence-electron chi connectivity index (χ2n) is 6.18. The number of carboxylic acids is 1. The van der Waals surface area contributed by atoms with E-state index in [4.69, 9.17) is 19.4 Å². The van der Waals surface area contributed by atoms with Crippen LogP contribution in [0, 0.1) is 0 Å². The number of pyridine rings is 1. The number of benzene rings is 2. The van der Waals surface area contributed by atoms with Gasteiger partial charge >= 0.3 is 17.1 Å². The fourth-order valence-corrected chi connectivity index (χ4v) is 2.47. The van der Waals surface area contributed by atoms with Crippen molar-refractivity contribution < 1.29 is 46.7 Å². The number of para-hydroxylation sites is 2. The van der Waals surface area contributed by atoms with Gasteiger partial charge in [0.15, 0.2) is 28.8 Å². The van der Waals surface area contributed by atoms with Crippen LogP contribution < -0.4 is 9.47 Å². The maximum Gasteiger partial charge on any atom is 2.00 e. The Morgan fingerprint density at radius 1 is 0.879 bits per heavy atom. The number of nitrogens with zero attached hydrogens (tertiary/aromatic N) is 3. The molecule has 0 amide bonds. The van der Waals surface area contributed by atoms with Crippen LogP contribution >= 0.6 is 0 Å². The quantitative estimate of drug-likeness (QED) is 0.348. The summed E-state index contributed by atoms with van der Waals surface area (Å²) in [5.41, 5.74) is 1.50. The van der Waals surface area contributed by atoms with Crippen LogP contribution in [0.25, 0.3) is 0 Å². The first-order valence-electron chi connectivity index (χ1n) is 9.32. The van der Waals surface area contributed by atoms with E-state index in [1.807, 2.05) is 0 Å². The first-order chi connectivity index (χ1) is 15.4. The van der Waals surface area contributed by atoms with Crippen molar-refractivity contribution in [2.24, 2.45) is 9.98 Å². The van der Waals surface area contributed by atoms with Gasteiger partial charge in [-0.3, -0.25) is 9.79 Å². The molecule has 1 aromatic heterocycles. The van der Waals surface area contributed by atoms with Crippen molar-refractivity contribution in [1.82, 2.24) is 4.98 Å². The number of rotatable bonds is 6. The minimum Gasteiger partial charge on any atom is -0.504 e. The minimum absolute atomic E-state index is 0. The smallest absolute Gasteiger partial charge is 0.504 e. The zero-order valence-electron chi connectivity index (χ0n) is 18.1. The fraction of sp³-hybridized carbons (Fsp3) is 0.130. The number of aliphatic carboxylic acids is 1. The Balaban J connectivity index is 0.00000101. The summed E-state index contributed by atoms with van der Waals surface area (Å²) in [5.74, 6) is 0.252. The Labute approximate surface area is 201 Å². The fourth-order valence-electron chi connectivity index (χ4n) is 2.47. The van der Waals surface area contributed by atoms with E-state index in [0.29, 0.717) is 34.1 Å². The summed E-state index contributed by atoms with van der Waals surface area (Å²) in [6.07, 6.45) is 4.60. The van der Waals surface area contributed by atoms with Crippen LogP contribution in [0.2, 0.25) is 0 Å². The number of ether oxygens (including phenoxy) is 2. The predicted molar refractivity (Wildman–Crippen MR) is 121 cm³/mol. The first-order valence-corrected chi connectivity index (χ1v) is 9.32. The van der Waals surface area contributed by atoms with Crippen LogP contribution in [0.1, 0.15) is 18.1 Å². The van der Waals surface area contributed by atoms with Gasteiger partial charge in [-0.05, 0) is 36.4 Å². The van der Waals surface area contributed by atoms with Crippen LogP contribution in [0.5, 0.6) is 23.0 Å². The van der Waals surface area contributed by atoms with Gasteiger partial charge in [-0.15, -0.1) is 0 Å². The van der Waals surface area contributed by atoms with E-state index >= 15 is 0 Å². The third-order valence-corrected chi connectivity index (χ3v) is 3.93. The van der Waals surface area contributed by atoms with E-state index in [9.17, 15) is 10.2 Å². The number of phenols is 2. The zero-order chi connectivity index (χ0) is 23.5. The van der Waals surface area contributed by atoms with Gasteiger partial charge in [0, 0.05) is 36.7 Å². The number of hydrogen-bond donors (Lipinski definition) is 3. The Morgan fingerprint density at radius 2 is 1.36 bits per heavy atom. The molecule has 0 aliphatic rings. The maximum atomic E-state index is 10.2. The second-order valence-corrected chi connectivity index (χ2v) is 6.18. The Hall–Kier alpha value is -3.88. The molecule has 1 radical (unpaired) electrons. The molecular weight excluding hydrogens is 469 g/mol. The molecule has 1 heterocycles. The molecular formula is C23H23MnN3O6+2. The molecule has 0 spiro atoms. The Bertz CT molecular complexity index is 1050. The standard InChI is InChI=1S/C21H19N3O4.C2H4O2.Mn/c1-27-17-9-3-6-14(19(17)25)12-23-16-8-5-11-22-21(16)24-13-15-7-4-10-18(28-2)20(15)26;1-2(3)4;/h3-13,25-26H,1-2H3;1H3,(H,3,4);/q;;+2/b23-12?,24-13+;;. The molecule has 33 heavy (non-hydrogen) atoms. The average molecular weight is 492 g/mol. The first kappa shape index (κ1) is 27.2. The molecule has 0 bridgehead atoms. The number of hydrogen-bond acceptors (Lipinski definition) is 8. The van der Waals surface area contributed by atoms with Gasteiger partial charge in [-0.2, -0.15) is 0 Å². The van der Waals surface area contributed by atoms with E-state index in [1.54, 1.807) is 54.7 Å². The molecule has 171 valence electrons. The molecule has 3 rings (SSSR count). The average Bonchev–Trinajstić information content (AvgIpc) is 2.78. The molecule has 0 aliphatic carbocycles. The molecule has 9 nitrogen and oxygen atoms in total. The summed E-state index contributed by atoms with van der Waals surface area (Å²) in [7, 11) is 2.97. The maximum absolute atomic E-state index is 10.2. The van der Waals surface area contributed by atoms with Crippen molar-refractivity contribution in [3.05, 3.63) is 65.9 Å². The van der Waals surface area contributed by atoms with Crippen LogP contribution in [0.4, 0.5) is 11.5 Å². The van der Waals surface area contributed by atoms with E-state index in [0.717, 1.165) is 6.92 Å². The van der Waals surface area contributed by atoms with E-state index in [1.165, 1.54) is 26.6 Å². The van der Waals surface area contributed by atoms with Crippen LogP contribution in [-0.4, -0.2) is 52.9 Å². The van der Waals surface area contributed by atoms with Gasteiger partial charge in [-0.25, -0.2) is 9.98 Å². The molecule has 0 aliphatic heterocycles. The van der Waals surface area contributed by atoms with Gasteiger partial charge < -0.3 is 24.8 Å². The molecule has 3 aromatic rings. The van der Waals surface area contributed by atoms with Crippen LogP contribution in [-0.2, 0) is 21.9 Å². The van der Waals surface area contributed by atoms with Crippen molar-refractivity contribution in [2.45, 2.75) is 6.92 Å². The van der Waals surface area contributed by atoms with Crippen LogP contribution in [0.3, 0.4) is 0 Å². The van der Waals surface area contributed by atoms with Gasteiger partial charge in [0.05, 0.1) is 14.2 Å². The second kappa shape index (κ2) is 13.5. The zero-order valence-corrected chi connectivity index (χ0v) is 19.3. The van der Waals surface area contributed by atoms with Crippen molar-refractivity contribution >= 4 is 29.9 Å². The van der Waals surface area contributed by atoms with Crippen LogP contribution in [0.15, 0.2) is 64.7 Å². The largest absolute Gasteiger partial charge is 2.00 e. The van der Waals surface area contributed by atoms with Crippen molar-refractivity contribution in [1.29, 1.82) is 0 Å². The molecule has 0 atom stereocenters. The van der Waals surface area contributed by atoms with Crippen molar-refractivity contribution in [2.75, 3.05) is 14.2 Å². The normalized spacial score (nSPS) is 10.3. The van der Waals surface area contributed by atoms with Crippen molar-refractivity contribution in [3.8, 4) is 23.0 Å². The number of carbonyl (C=O) groups is 1. The third-order valence-electron chi connectivity index (χ3n) is 3.93. The third kappa shape index (κ3) is 7.95. The minimum atomic E-state index is -0.833. The Morgan fingerprint density at radius 3 is 1.85 bits per heavy atom. The molecule has 10 heteroatoms. The molecule has 0 saturated carbocycles. The van der Waals surface area contributed by atoms with E-state index in [-0.39, 0.29) is 28.6 Å². The predicted octanol–water partition coefficient (Wildman–Crippen LogP) is 4.10. The van der Waals surface area contributed by atoms with E-state index in [2.05, 4.69) is 15.0 Å². The monoisotopic (exact) mass is 492 g/mol. The Kier molecular flexibility index (Phi) is 11.1. The number of aromatic nitrogens is 1. The molecule has 0 fully saturated rings. The summed E-state index contributed by atoms with van der Waals surface area (Å²) >= 11 is 0. The van der Waals surface area contributed by atoms with Gasteiger partial charge in [0.25, 0.3) is 5.97 Å².